The smallest absolute Gasteiger partial charge is 0.308 e. The number of aromatic hydroxyl groups is 1. The van der Waals surface area contributed by atoms with E-state index in [2.05, 4.69) is 0 Å². The van der Waals surface area contributed by atoms with Gasteiger partial charge in [-0.3, -0.25) is 19.2 Å². The number of allylic oxidation sites excluding steroid dienone is 2. The molecule has 32 heavy (non-hydrogen) atoms. The van der Waals surface area contributed by atoms with Gasteiger partial charge in [0.1, 0.15) is 0 Å². The zero-order chi connectivity index (χ0) is 23.7. The Morgan fingerprint density at radius 2 is 1.28 bits per heavy atom. The van der Waals surface area contributed by atoms with Gasteiger partial charge in [0.05, 0.1) is 13.5 Å². The number of rotatable bonds is 9. The molecule has 0 heterocycles. The van der Waals surface area contributed by atoms with Gasteiger partial charge in [-0.15, -0.1) is 0 Å². The van der Waals surface area contributed by atoms with Gasteiger partial charge in [-0.2, -0.15) is 0 Å². The lowest BCUT2D eigenvalue weighted by Gasteiger charge is -2.08. The summed E-state index contributed by atoms with van der Waals surface area (Å²) in [5.41, 5.74) is 1.12. The maximum atomic E-state index is 12.1. The van der Waals surface area contributed by atoms with E-state index in [9.17, 15) is 24.3 Å². The molecule has 0 aliphatic carbocycles. The molecule has 0 fully saturated rings. The number of phenolic OH excluding ortho intramolecular Hbond substituents is 1. The molecule has 2 aromatic rings. The van der Waals surface area contributed by atoms with Crippen molar-refractivity contribution in [1.29, 1.82) is 0 Å². The van der Waals surface area contributed by atoms with Crippen LogP contribution in [0.4, 0.5) is 0 Å². The van der Waals surface area contributed by atoms with Gasteiger partial charge in [-0.25, -0.2) is 0 Å². The normalized spacial score (nSPS) is 10.8. The number of hydrogen-bond acceptors (Lipinski definition) is 8. The predicted molar refractivity (Wildman–Crippen MR) is 116 cm³/mol. The molecule has 0 amide bonds. The van der Waals surface area contributed by atoms with Crippen LogP contribution in [0, 0.1) is 0 Å². The first-order valence-electron chi connectivity index (χ1n) is 9.47. The van der Waals surface area contributed by atoms with Crippen LogP contribution in [-0.4, -0.2) is 35.7 Å². The lowest BCUT2D eigenvalue weighted by atomic mass is 10.1. The van der Waals surface area contributed by atoms with Crippen LogP contribution >= 0.6 is 0 Å². The fourth-order valence-corrected chi connectivity index (χ4v) is 2.57. The van der Waals surface area contributed by atoms with E-state index in [0.717, 1.165) is 0 Å². The first-order valence-corrected chi connectivity index (χ1v) is 9.47. The van der Waals surface area contributed by atoms with Crippen LogP contribution in [0.5, 0.6) is 23.0 Å². The number of methoxy groups -OCH3 is 1. The van der Waals surface area contributed by atoms with Crippen LogP contribution in [0.1, 0.15) is 31.4 Å². The molecule has 0 radical (unpaired) electrons. The monoisotopic (exact) mass is 438 g/mol. The van der Waals surface area contributed by atoms with E-state index in [1.807, 2.05) is 0 Å². The Morgan fingerprint density at radius 3 is 1.78 bits per heavy atom. The molecule has 0 atom stereocenters. The molecule has 166 valence electrons. The van der Waals surface area contributed by atoms with Crippen molar-refractivity contribution in [1.82, 2.24) is 0 Å². The summed E-state index contributed by atoms with van der Waals surface area (Å²) in [7, 11) is 1.43. The van der Waals surface area contributed by atoms with Crippen LogP contribution in [0.2, 0.25) is 0 Å². The number of hydrogen-bond donors (Lipinski definition) is 1. The standard InChI is InChI=1S/C24H22O8/c1-15(25)31-22-10-6-17(12-21(22)29)4-8-19(27)14-20(28)9-5-18-7-11-23(32-16(2)26)24(13-18)30-3/h4-13,29H,14H2,1-3H3/b8-4+,9-5+. The van der Waals surface area contributed by atoms with E-state index in [1.165, 1.54) is 57.4 Å². The average Bonchev–Trinajstić information content (AvgIpc) is 2.72. The second-order valence-corrected chi connectivity index (χ2v) is 6.60. The zero-order valence-corrected chi connectivity index (χ0v) is 17.8. The lowest BCUT2D eigenvalue weighted by Crippen LogP contribution is -2.03. The van der Waals surface area contributed by atoms with E-state index in [1.54, 1.807) is 24.3 Å². The fourth-order valence-electron chi connectivity index (χ4n) is 2.57. The van der Waals surface area contributed by atoms with Gasteiger partial charge >= 0.3 is 11.9 Å². The number of carbonyl (C=O) groups excluding carboxylic acids is 4. The summed E-state index contributed by atoms with van der Waals surface area (Å²) in [5.74, 6) is -1.52. The van der Waals surface area contributed by atoms with E-state index in [-0.39, 0.29) is 23.7 Å². The van der Waals surface area contributed by atoms with Gasteiger partial charge in [0.15, 0.2) is 34.6 Å². The largest absolute Gasteiger partial charge is 0.504 e. The first-order chi connectivity index (χ1) is 15.2. The number of ether oxygens (including phenoxy) is 3. The van der Waals surface area contributed by atoms with Crippen molar-refractivity contribution in [2.45, 2.75) is 20.3 Å². The minimum Gasteiger partial charge on any atom is -0.504 e. The van der Waals surface area contributed by atoms with Gasteiger partial charge in [0.25, 0.3) is 0 Å². The molecule has 0 unspecified atom stereocenters. The Morgan fingerprint density at radius 1 is 0.781 bits per heavy atom. The second kappa shape index (κ2) is 11.3. The summed E-state index contributed by atoms with van der Waals surface area (Å²) in [4.78, 5) is 46.2. The molecule has 2 rings (SSSR count). The van der Waals surface area contributed by atoms with Gasteiger partial charge in [-0.05, 0) is 47.5 Å². The second-order valence-electron chi connectivity index (χ2n) is 6.60. The maximum absolute atomic E-state index is 12.1. The van der Waals surface area contributed by atoms with Gasteiger partial charge in [0, 0.05) is 13.8 Å². The summed E-state index contributed by atoms with van der Waals surface area (Å²) >= 11 is 0. The van der Waals surface area contributed by atoms with E-state index < -0.39 is 23.5 Å². The first kappa shape index (κ1) is 24.1. The maximum Gasteiger partial charge on any atom is 0.308 e. The fraction of sp³-hybridized carbons (Fsp3) is 0.167. The highest BCUT2D eigenvalue weighted by molar-refractivity contribution is 6.10. The van der Waals surface area contributed by atoms with Crippen molar-refractivity contribution in [3.63, 3.8) is 0 Å². The molecular formula is C24H22O8. The third-order valence-electron chi connectivity index (χ3n) is 3.95. The molecule has 1 N–H and O–H groups in total. The molecule has 0 aromatic heterocycles. The Kier molecular flexibility index (Phi) is 8.47. The number of phenols is 1. The summed E-state index contributed by atoms with van der Waals surface area (Å²) < 4.78 is 15.0. The Hall–Kier alpha value is -4.20. The van der Waals surface area contributed by atoms with E-state index in [4.69, 9.17) is 14.2 Å². The molecular weight excluding hydrogens is 416 g/mol. The van der Waals surface area contributed by atoms with E-state index in [0.29, 0.717) is 16.9 Å². The minimum atomic E-state index is -0.566. The number of carbonyl (C=O) groups is 4. The summed E-state index contributed by atoms with van der Waals surface area (Å²) in [6.07, 6.45) is 5.11. The molecule has 8 heteroatoms. The highest BCUT2D eigenvalue weighted by Gasteiger charge is 2.09. The van der Waals surface area contributed by atoms with Crippen LogP contribution in [0.25, 0.3) is 12.2 Å². The average molecular weight is 438 g/mol. The number of benzene rings is 2. The Bertz CT molecular complexity index is 1100. The van der Waals surface area contributed by atoms with Crippen molar-refractivity contribution in [2.75, 3.05) is 7.11 Å². The van der Waals surface area contributed by atoms with Crippen LogP contribution in [-0.2, 0) is 19.2 Å². The van der Waals surface area contributed by atoms with Crippen molar-refractivity contribution >= 4 is 35.7 Å². The minimum absolute atomic E-state index is 0.0128. The number of ketones is 2. The van der Waals surface area contributed by atoms with Crippen LogP contribution in [0.15, 0.2) is 48.6 Å². The highest BCUT2D eigenvalue weighted by atomic mass is 16.6. The lowest BCUT2D eigenvalue weighted by molar-refractivity contribution is -0.132. The van der Waals surface area contributed by atoms with Crippen LogP contribution in [0.3, 0.4) is 0 Å². The SMILES string of the molecule is COc1cc(/C=C/C(=O)CC(=O)/C=C/c2ccc(OC(C)=O)c(O)c2)ccc1OC(C)=O. The summed E-state index contributed by atoms with van der Waals surface area (Å²) in [6, 6.07) is 9.05. The third-order valence-corrected chi connectivity index (χ3v) is 3.95. The van der Waals surface area contributed by atoms with Crippen molar-refractivity contribution in [3.8, 4) is 23.0 Å². The van der Waals surface area contributed by atoms with Crippen LogP contribution < -0.4 is 14.2 Å². The molecule has 0 aliphatic heterocycles. The summed E-state index contributed by atoms with van der Waals surface area (Å²) in [6.45, 7) is 2.49. The molecule has 0 bridgehead atoms. The molecule has 0 saturated carbocycles. The van der Waals surface area contributed by atoms with E-state index >= 15 is 0 Å². The zero-order valence-electron chi connectivity index (χ0n) is 17.8. The van der Waals surface area contributed by atoms with Crippen molar-refractivity contribution < 1.29 is 38.5 Å². The van der Waals surface area contributed by atoms with Gasteiger partial charge < -0.3 is 19.3 Å². The summed E-state index contributed by atoms with van der Waals surface area (Å²) in [5, 5.41) is 9.83. The molecule has 8 nitrogen and oxygen atoms in total. The molecule has 0 spiro atoms. The number of esters is 2. The highest BCUT2D eigenvalue weighted by Crippen LogP contribution is 2.29. The molecule has 0 aliphatic rings. The molecule has 0 saturated heterocycles. The van der Waals surface area contributed by atoms with Gasteiger partial charge in [0.2, 0.25) is 0 Å². The molecule has 2 aromatic carbocycles. The quantitative estimate of drug-likeness (QED) is 0.274. The van der Waals surface area contributed by atoms with Crippen molar-refractivity contribution in [2.24, 2.45) is 0 Å². The topological polar surface area (TPSA) is 116 Å². The Labute approximate surface area is 184 Å². The Balaban J connectivity index is 1.97. The predicted octanol–water partition coefficient (Wildman–Crippen LogP) is 3.51. The van der Waals surface area contributed by atoms with Gasteiger partial charge in [-0.1, -0.05) is 24.3 Å². The third kappa shape index (κ3) is 7.56. The van der Waals surface area contributed by atoms with Crippen molar-refractivity contribution in [3.05, 3.63) is 59.7 Å².